The van der Waals surface area contributed by atoms with Gasteiger partial charge in [0.1, 0.15) is 17.2 Å². The Morgan fingerprint density at radius 2 is 1.82 bits per heavy atom. The third kappa shape index (κ3) is 6.52. The number of carbonyl (C=O) groups excluding carboxylic acids is 2. The lowest BCUT2D eigenvalue weighted by Crippen LogP contribution is -2.61. The van der Waals surface area contributed by atoms with Crippen LogP contribution in [0.2, 0.25) is 0 Å². The predicted octanol–water partition coefficient (Wildman–Crippen LogP) is 4.23. The maximum absolute atomic E-state index is 13.1. The molecule has 0 aromatic heterocycles. The van der Waals surface area contributed by atoms with E-state index in [4.69, 9.17) is 4.74 Å². The summed E-state index contributed by atoms with van der Waals surface area (Å²) in [5.74, 6) is -0.318. The second-order valence-corrected chi connectivity index (χ2v) is 9.17. The largest absolute Gasteiger partial charge is 0.444 e. The van der Waals surface area contributed by atoms with Crippen LogP contribution in [0.1, 0.15) is 58.4 Å². The zero-order valence-electron chi connectivity index (χ0n) is 16.7. The highest BCUT2D eigenvalue weighted by Gasteiger charge is 2.42. The van der Waals surface area contributed by atoms with Gasteiger partial charge in [-0.2, -0.15) is 5.26 Å². The molecule has 0 bridgehead atoms. The van der Waals surface area contributed by atoms with Crippen molar-refractivity contribution < 1.29 is 14.3 Å². The Kier molecular flexibility index (Phi) is 7.48. The molecule has 0 spiro atoms. The molecule has 0 saturated heterocycles. The topological polar surface area (TPSA) is 91.2 Å². The molecular weight excluding hydrogens is 422 g/mol. The van der Waals surface area contributed by atoms with Crippen LogP contribution in [0, 0.1) is 11.3 Å². The van der Waals surface area contributed by atoms with Crippen molar-refractivity contribution in [3.05, 3.63) is 34.3 Å². The number of alkyl carbamates (subject to hydrolysis) is 1. The molecule has 0 heterocycles. The zero-order chi connectivity index (χ0) is 20.8. The van der Waals surface area contributed by atoms with Crippen LogP contribution in [0.3, 0.4) is 0 Å². The fraction of sp³-hybridized carbons (Fsp3) is 0.571. The molecule has 2 amide bonds. The number of ether oxygens (including phenoxy) is 1. The van der Waals surface area contributed by atoms with Gasteiger partial charge in [-0.05, 0) is 51.3 Å². The number of amides is 2. The number of nitrogens with one attached hydrogen (secondary N) is 2. The van der Waals surface area contributed by atoms with Gasteiger partial charge in [0.2, 0.25) is 5.91 Å². The van der Waals surface area contributed by atoms with Gasteiger partial charge in [-0.1, -0.05) is 47.3 Å². The minimum Gasteiger partial charge on any atom is -0.444 e. The van der Waals surface area contributed by atoms with Crippen LogP contribution >= 0.6 is 15.9 Å². The van der Waals surface area contributed by atoms with Crippen LogP contribution < -0.4 is 10.6 Å². The van der Waals surface area contributed by atoms with Gasteiger partial charge in [0, 0.05) is 10.9 Å². The van der Waals surface area contributed by atoms with Crippen molar-refractivity contribution in [2.45, 2.75) is 76.5 Å². The van der Waals surface area contributed by atoms with Crippen molar-refractivity contribution >= 4 is 27.9 Å². The molecule has 152 valence electrons. The number of nitriles is 1. The van der Waals surface area contributed by atoms with Gasteiger partial charge in [0.25, 0.3) is 0 Å². The third-order valence-corrected chi connectivity index (χ3v) is 5.22. The lowest BCUT2D eigenvalue weighted by molar-refractivity contribution is -0.129. The first-order valence-corrected chi connectivity index (χ1v) is 10.4. The van der Waals surface area contributed by atoms with Crippen LogP contribution in [0.4, 0.5) is 4.79 Å². The Balaban J connectivity index is 2.09. The molecule has 28 heavy (non-hydrogen) atoms. The van der Waals surface area contributed by atoms with Crippen molar-refractivity contribution in [2.24, 2.45) is 0 Å². The van der Waals surface area contributed by atoms with E-state index < -0.39 is 23.3 Å². The summed E-state index contributed by atoms with van der Waals surface area (Å²) in [5, 5.41) is 15.1. The standard InChI is InChI=1S/C21H28BrN3O3/c1-20(2,3)28-19(27)25-21(11-5-4-6-12-21)18(26)24-17(14-23)13-15-7-9-16(22)10-8-15/h7-10,17H,4-6,11-13H2,1-3H3,(H,24,26)(H,25,27). The molecule has 1 aromatic rings. The number of halogens is 1. The lowest BCUT2D eigenvalue weighted by Gasteiger charge is -2.37. The fourth-order valence-electron chi connectivity index (χ4n) is 3.34. The highest BCUT2D eigenvalue weighted by atomic mass is 79.9. The Morgan fingerprint density at radius 1 is 1.21 bits per heavy atom. The maximum Gasteiger partial charge on any atom is 0.408 e. The summed E-state index contributed by atoms with van der Waals surface area (Å²) in [6.07, 6.45) is 3.57. The molecule has 0 radical (unpaired) electrons. The average molecular weight is 450 g/mol. The summed E-state index contributed by atoms with van der Waals surface area (Å²) >= 11 is 3.38. The van der Waals surface area contributed by atoms with Crippen LogP contribution in [-0.2, 0) is 16.0 Å². The van der Waals surface area contributed by atoms with E-state index in [2.05, 4.69) is 32.6 Å². The number of nitrogens with zero attached hydrogens (tertiary/aromatic N) is 1. The van der Waals surface area contributed by atoms with E-state index in [1.807, 2.05) is 24.3 Å². The Labute approximate surface area is 175 Å². The summed E-state index contributed by atoms with van der Waals surface area (Å²) in [5.41, 5.74) is -0.726. The van der Waals surface area contributed by atoms with E-state index in [-0.39, 0.29) is 5.91 Å². The SMILES string of the molecule is CC(C)(C)OC(=O)NC1(C(=O)NC(C#N)Cc2ccc(Br)cc2)CCCCC1. The first kappa shape index (κ1) is 22.2. The van der Waals surface area contributed by atoms with Crippen LogP contribution in [-0.4, -0.2) is 29.2 Å². The van der Waals surface area contributed by atoms with Crippen molar-refractivity contribution in [3.63, 3.8) is 0 Å². The van der Waals surface area contributed by atoms with Gasteiger partial charge in [-0.3, -0.25) is 4.79 Å². The molecule has 6 nitrogen and oxygen atoms in total. The van der Waals surface area contributed by atoms with E-state index in [0.29, 0.717) is 19.3 Å². The van der Waals surface area contributed by atoms with Gasteiger partial charge < -0.3 is 15.4 Å². The van der Waals surface area contributed by atoms with Gasteiger partial charge in [-0.25, -0.2) is 4.79 Å². The Morgan fingerprint density at radius 3 is 2.36 bits per heavy atom. The van der Waals surface area contributed by atoms with Gasteiger partial charge in [0.15, 0.2) is 0 Å². The van der Waals surface area contributed by atoms with Crippen molar-refractivity contribution in [1.29, 1.82) is 5.26 Å². The molecule has 2 N–H and O–H groups in total. The first-order chi connectivity index (χ1) is 13.1. The fourth-order valence-corrected chi connectivity index (χ4v) is 3.61. The molecule has 1 aliphatic carbocycles. The molecular formula is C21H28BrN3O3. The van der Waals surface area contributed by atoms with Crippen molar-refractivity contribution in [1.82, 2.24) is 10.6 Å². The lowest BCUT2D eigenvalue weighted by atomic mass is 9.80. The molecule has 1 aromatic carbocycles. The first-order valence-electron chi connectivity index (χ1n) is 9.60. The van der Waals surface area contributed by atoms with E-state index in [0.717, 1.165) is 29.3 Å². The van der Waals surface area contributed by atoms with Gasteiger partial charge >= 0.3 is 6.09 Å². The highest BCUT2D eigenvalue weighted by molar-refractivity contribution is 9.10. The summed E-state index contributed by atoms with van der Waals surface area (Å²) in [6.45, 7) is 5.35. The normalized spacial score (nSPS) is 17.1. The highest BCUT2D eigenvalue weighted by Crippen LogP contribution is 2.29. The van der Waals surface area contributed by atoms with Crippen molar-refractivity contribution in [2.75, 3.05) is 0 Å². The molecule has 1 atom stereocenters. The second kappa shape index (κ2) is 9.42. The Hall–Kier alpha value is -2.07. The van der Waals surface area contributed by atoms with Gasteiger partial charge in [-0.15, -0.1) is 0 Å². The summed E-state index contributed by atoms with van der Waals surface area (Å²) in [7, 11) is 0. The zero-order valence-corrected chi connectivity index (χ0v) is 18.3. The maximum atomic E-state index is 13.1. The monoisotopic (exact) mass is 449 g/mol. The molecule has 1 aliphatic rings. The minimum atomic E-state index is -1.03. The number of hydrogen-bond acceptors (Lipinski definition) is 4. The van der Waals surface area contributed by atoms with E-state index in [1.165, 1.54) is 0 Å². The Bertz CT molecular complexity index is 729. The van der Waals surface area contributed by atoms with Crippen LogP contribution in [0.15, 0.2) is 28.7 Å². The van der Waals surface area contributed by atoms with E-state index in [1.54, 1.807) is 20.8 Å². The molecule has 1 unspecified atom stereocenters. The third-order valence-electron chi connectivity index (χ3n) is 4.70. The quantitative estimate of drug-likeness (QED) is 0.703. The average Bonchev–Trinajstić information content (AvgIpc) is 2.62. The molecule has 1 saturated carbocycles. The van der Waals surface area contributed by atoms with Gasteiger partial charge in [0.05, 0.1) is 6.07 Å². The summed E-state index contributed by atoms with van der Waals surface area (Å²) < 4.78 is 6.31. The number of hydrogen-bond donors (Lipinski definition) is 2. The second-order valence-electron chi connectivity index (χ2n) is 8.26. The molecule has 0 aliphatic heterocycles. The minimum absolute atomic E-state index is 0.318. The predicted molar refractivity (Wildman–Crippen MR) is 111 cm³/mol. The molecule has 2 rings (SSSR count). The number of carbonyl (C=O) groups is 2. The van der Waals surface area contributed by atoms with Crippen LogP contribution in [0.25, 0.3) is 0 Å². The van der Waals surface area contributed by atoms with Crippen molar-refractivity contribution in [3.8, 4) is 6.07 Å². The summed E-state index contributed by atoms with van der Waals surface area (Å²) in [4.78, 5) is 25.4. The smallest absolute Gasteiger partial charge is 0.408 e. The molecule has 1 fully saturated rings. The summed E-state index contributed by atoms with van der Waals surface area (Å²) in [6, 6.07) is 9.11. The van der Waals surface area contributed by atoms with Crippen LogP contribution in [0.5, 0.6) is 0 Å². The number of benzene rings is 1. The van der Waals surface area contributed by atoms with E-state index in [9.17, 15) is 14.9 Å². The molecule has 7 heteroatoms. The number of rotatable bonds is 5. The van der Waals surface area contributed by atoms with E-state index >= 15 is 0 Å².